The zero-order valence-corrected chi connectivity index (χ0v) is 18.3. The first-order valence-electron chi connectivity index (χ1n) is 11.9. The molecule has 4 fully saturated rings. The van der Waals surface area contributed by atoms with Gasteiger partial charge < -0.3 is 10.8 Å². The molecule has 4 rings (SSSR count). The molecular formula is C25H39N3O. The average molecular weight is 398 g/mol. The van der Waals surface area contributed by atoms with Gasteiger partial charge in [-0.05, 0) is 112 Å². The van der Waals surface area contributed by atoms with Crippen molar-refractivity contribution in [2.45, 2.75) is 83.7 Å². The van der Waals surface area contributed by atoms with E-state index < -0.39 is 5.60 Å². The first-order valence-corrected chi connectivity index (χ1v) is 11.9. The molecule has 4 aliphatic rings. The van der Waals surface area contributed by atoms with E-state index in [1.54, 1.807) is 6.21 Å². The van der Waals surface area contributed by atoms with Crippen LogP contribution in [0, 0.1) is 52.3 Å². The summed E-state index contributed by atoms with van der Waals surface area (Å²) in [6, 6.07) is 2.06. The molecule has 4 aliphatic carbocycles. The van der Waals surface area contributed by atoms with Gasteiger partial charge in [0.1, 0.15) is 6.07 Å². The highest BCUT2D eigenvalue weighted by Gasteiger charge is 2.57. The van der Waals surface area contributed by atoms with Crippen LogP contribution in [0.15, 0.2) is 16.8 Å². The molecule has 0 spiro atoms. The Kier molecular flexibility index (Phi) is 5.81. The van der Waals surface area contributed by atoms with Crippen LogP contribution in [0.5, 0.6) is 0 Å². The molecule has 0 aliphatic heterocycles. The van der Waals surface area contributed by atoms with Crippen molar-refractivity contribution >= 4 is 6.21 Å². The van der Waals surface area contributed by atoms with Gasteiger partial charge in [0, 0.05) is 19.0 Å². The number of allylic oxidation sites excluding steroid dienone is 1. The zero-order chi connectivity index (χ0) is 20.6. The maximum Gasteiger partial charge on any atom is 0.102 e. The molecule has 3 N–H and O–H groups in total. The number of nitrogens with two attached hydrogens (primary N) is 1. The van der Waals surface area contributed by atoms with Crippen LogP contribution in [-0.4, -0.2) is 23.5 Å². The molecule has 4 heteroatoms. The highest BCUT2D eigenvalue weighted by atomic mass is 16.3. The minimum atomic E-state index is -0.416. The molecule has 0 aromatic rings. The molecule has 8 atom stereocenters. The largest absolute Gasteiger partial charge is 0.403 e. The molecule has 0 unspecified atom stereocenters. The van der Waals surface area contributed by atoms with Crippen LogP contribution in [0.4, 0.5) is 0 Å². The average Bonchev–Trinajstić information content (AvgIpc) is 3.03. The smallest absolute Gasteiger partial charge is 0.102 e. The standard InChI is InChI=1S/C25H39N3O/c1-24(29)10-7-20-18(13-24)3-5-22-21(20)8-11-25(2)19(4-6-23(22)25)9-12-28-16-17(14-26)15-27/h14,16,18-23,29H,3-13,26H2,1-2H3/t18-,19-,20+,21-,22-,23+,24-,25-/m1/s1. The minimum absolute atomic E-state index is 0.416. The Morgan fingerprint density at radius 2 is 1.90 bits per heavy atom. The van der Waals surface area contributed by atoms with Gasteiger partial charge in [0.2, 0.25) is 0 Å². The number of rotatable bonds is 4. The monoisotopic (exact) mass is 397 g/mol. The second kappa shape index (κ2) is 8.06. The third kappa shape index (κ3) is 3.88. The van der Waals surface area contributed by atoms with Crippen molar-refractivity contribution in [1.29, 1.82) is 5.26 Å². The van der Waals surface area contributed by atoms with Gasteiger partial charge in [-0.15, -0.1) is 0 Å². The fourth-order valence-corrected chi connectivity index (χ4v) is 8.17. The molecule has 29 heavy (non-hydrogen) atoms. The van der Waals surface area contributed by atoms with Gasteiger partial charge in [0.05, 0.1) is 11.2 Å². The molecule has 0 saturated heterocycles. The highest BCUT2D eigenvalue weighted by molar-refractivity contribution is 5.83. The Labute approximate surface area is 176 Å². The Morgan fingerprint density at radius 1 is 1.10 bits per heavy atom. The highest BCUT2D eigenvalue weighted by Crippen LogP contribution is 2.65. The normalized spacial score (nSPS) is 47.3. The maximum atomic E-state index is 10.6. The van der Waals surface area contributed by atoms with Crippen LogP contribution in [0.3, 0.4) is 0 Å². The maximum absolute atomic E-state index is 10.6. The molecule has 4 saturated carbocycles. The summed E-state index contributed by atoms with van der Waals surface area (Å²) in [6.45, 7) is 5.44. The lowest BCUT2D eigenvalue weighted by molar-refractivity contribution is -0.0998. The summed E-state index contributed by atoms with van der Waals surface area (Å²) in [4.78, 5) is 4.48. The molecule has 160 valence electrons. The van der Waals surface area contributed by atoms with Gasteiger partial charge in [-0.25, -0.2) is 0 Å². The minimum Gasteiger partial charge on any atom is -0.403 e. The number of hydrogen-bond donors (Lipinski definition) is 2. The van der Waals surface area contributed by atoms with E-state index in [0.29, 0.717) is 11.0 Å². The summed E-state index contributed by atoms with van der Waals surface area (Å²) in [5, 5.41) is 19.5. The molecule has 0 bridgehead atoms. The zero-order valence-electron chi connectivity index (χ0n) is 18.3. The van der Waals surface area contributed by atoms with Gasteiger partial charge in [-0.2, -0.15) is 5.26 Å². The van der Waals surface area contributed by atoms with Crippen molar-refractivity contribution in [3.8, 4) is 6.07 Å². The van der Waals surface area contributed by atoms with E-state index in [1.807, 2.05) is 0 Å². The lowest BCUT2D eigenvalue weighted by Gasteiger charge is -2.57. The van der Waals surface area contributed by atoms with Crippen LogP contribution < -0.4 is 5.73 Å². The second-order valence-electron chi connectivity index (χ2n) is 11.1. The SMILES string of the molecule is C[C@@]1(O)CC[C@H]2[C@H](CC[C@@H]3[C@@H]2CC[C@]2(C)[C@@H](CCN=CC(C#N)=CN)CC[C@@H]32)C1. The van der Waals surface area contributed by atoms with Crippen molar-refractivity contribution in [3.63, 3.8) is 0 Å². The Bertz CT molecular complexity index is 705. The molecule has 0 radical (unpaired) electrons. The van der Waals surface area contributed by atoms with Gasteiger partial charge in [-0.1, -0.05) is 6.92 Å². The van der Waals surface area contributed by atoms with E-state index in [9.17, 15) is 5.11 Å². The first-order chi connectivity index (χ1) is 13.9. The lowest BCUT2D eigenvalue weighted by Crippen LogP contribution is -2.50. The van der Waals surface area contributed by atoms with Crippen LogP contribution >= 0.6 is 0 Å². The number of hydrogen-bond acceptors (Lipinski definition) is 4. The predicted molar refractivity (Wildman–Crippen MR) is 117 cm³/mol. The van der Waals surface area contributed by atoms with Crippen molar-refractivity contribution < 1.29 is 5.11 Å². The number of fused-ring (bicyclic) bond motifs is 5. The van der Waals surface area contributed by atoms with Gasteiger partial charge in [0.25, 0.3) is 0 Å². The van der Waals surface area contributed by atoms with Crippen LogP contribution in [0.1, 0.15) is 78.1 Å². The van der Waals surface area contributed by atoms with Gasteiger partial charge in [0.15, 0.2) is 0 Å². The summed E-state index contributed by atoms with van der Waals surface area (Å²) in [5.74, 6) is 5.11. The summed E-state index contributed by atoms with van der Waals surface area (Å²) >= 11 is 0. The van der Waals surface area contributed by atoms with Gasteiger partial charge >= 0.3 is 0 Å². The second-order valence-corrected chi connectivity index (χ2v) is 11.1. The van der Waals surface area contributed by atoms with Crippen molar-refractivity contribution in [2.24, 2.45) is 51.6 Å². The number of nitrogens with zero attached hydrogens (tertiary/aromatic N) is 2. The van der Waals surface area contributed by atoms with Crippen LogP contribution in [0.25, 0.3) is 0 Å². The van der Waals surface area contributed by atoms with E-state index in [0.717, 1.165) is 61.3 Å². The summed E-state index contributed by atoms with van der Waals surface area (Å²) < 4.78 is 0. The van der Waals surface area contributed by atoms with Crippen LogP contribution in [-0.2, 0) is 0 Å². The van der Waals surface area contributed by atoms with E-state index in [1.165, 1.54) is 51.1 Å². The van der Waals surface area contributed by atoms with Crippen molar-refractivity contribution in [2.75, 3.05) is 6.54 Å². The van der Waals surface area contributed by atoms with E-state index in [-0.39, 0.29) is 0 Å². The van der Waals surface area contributed by atoms with Crippen molar-refractivity contribution in [1.82, 2.24) is 0 Å². The summed E-state index contributed by atoms with van der Waals surface area (Å²) in [5.41, 5.74) is 5.94. The number of aliphatic imine (C=N–C) groups is 1. The van der Waals surface area contributed by atoms with Gasteiger partial charge in [-0.3, -0.25) is 4.99 Å². The molecular weight excluding hydrogens is 358 g/mol. The van der Waals surface area contributed by atoms with Crippen molar-refractivity contribution in [3.05, 3.63) is 11.8 Å². The molecule has 4 nitrogen and oxygen atoms in total. The fraction of sp³-hybridized carbons (Fsp3) is 0.840. The molecule has 0 aromatic heterocycles. The van der Waals surface area contributed by atoms with E-state index in [2.05, 4.69) is 24.9 Å². The molecule has 0 heterocycles. The first kappa shape index (κ1) is 20.9. The van der Waals surface area contributed by atoms with E-state index in [4.69, 9.17) is 11.0 Å². The Morgan fingerprint density at radius 3 is 2.66 bits per heavy atom. The van der Waals surface area contributed by atoms with E-state index >= 15 is 0 Å². The third-order valence-electron chi connectivity index (χ3n) is 9.58. The molecule has 0 amide bonds. The Balaban J connectivity index is 1.39. The fourth-order valence-electron chi connectivity index (χ4n) is 8.17. The lowest BCUT2D eigenvalue weighted by atomic mass is 9.49. The molecule has 0 aromatic carbocycles. The number of aliphatic hydroxyl groups is 1. The quantitative estimate of drug-likeness (QED) is 0.526. The Hall–Kier alpha value is -1.34. The summed E-state index contributed by atoms with van der Waals surface area (Å²) in [6.07, 6.45) is 15.6. The van der Waals surface area contributed by atoms with Crippen LogP contribution in [0.2, 0.25) is 0 Å². The predicted octanol–water partition coefficient (Wildman–Crippen LogP) is 4.83. The summed E-state index contributed by atoms with van der Waals surface area (Å²) in [7, 11) is 0. The topological polar surface area (TPSA) is 82.4 Å². The number of nitriles is 1. The third-order valence-corrected chi connectivity index (χ3v) is 9.58.